The molecule has 2 amide bonds. The molecular weight excluding hydrogens is 234 g/mol. The highest BCUT2D eigenvalue weighted by Gasteiger charge is 2.36. The lowest BCUT2D eigenvalue weighted by Gasteiger charge is -2.26. The van der Waals surface area contributed by atoms with Crippen LogP contribution in [0.15, 0.2) is 42.5 Å². The zero-order valence-corrected chi connectivity index (χ0v) is 10.4. The number of benzene rings is 1. The van der Waals surface area contributed by atoms with Crippen LogP contribution in [-0.2, 0) is 4.79 Å². The third-order valence-corrected chi connectivity index (χ3v) is 3.46. The lowest BCUT2D eigenvalue weighted by molar-refractivity contribution is -0.125. The van der Waals surface area contributed by atoms with Gasteiger partial charge >= 0.3 is 0 Å². The average molecular weight is 247 g/mol. The lowest BCUT2D eigenvalue weighted by Crippen LogP contribution is -2.33. The first-order valence-electron chi connectivity index (χ1n) is 5.30. The summed E-state index contributed by atoms with van der Waals surface area (Å²) < 4.78 is 0. The number of nitrogens with zero attached hydrogens (tertiary/aromatic N) is 1. The van der Waals surface area contributed by atoms with Crippen LogP contribution < -0.4 is 0 Å². The Morgan fingerprint density at radius 2 is 2.00 bits per heavy atom. The monoisotopic (exact) mass is 247 g/mol. The zero-order valence-electron chi connectivity index (χ0n) is 9.55. The van der Waals surface area contributed by atoms with E-state index in [1.165, 1.54) is 4.90 Å². The SMILES string of the molecule is C=C(C)[C@H](c1ccccc1)N1C(=O)CSC1=O. The maximum absolute atomic E-state index is 11.7. The van der Waals surface area contributed by atoms with Crippen LogP contribution >= 0.6 is 11.8 Å². The number of rotatable bonds is 3. The molecule has 1 heterocycles. The molecule has 1 aliphatic rings. The van der Waals surface area contributed by atoms with E-state index in [0.29, 0.717) is 0 Å². The Bertz CT molecular complexity index is 454. The molecule has 0 N–H and O–H groups in total. The molecule has 0 aromatic heterocycles. The highest BCUT2D eigenvalue weighted by atomic mass is 32.2. The van der Waals surface area contributed by atoms with Crippen molar-refractivity contribution in [3.8, 4) is 0 Å². The van der Waals surface area contributed by atoms with Gasteiger partial charge in [0.1, 0.15) is 0 Å². The van der Waals surface area contributed by atoms with Gasteiger partial charge < -0.3 is 0 Å². The van der Waals surface area contributed by atoms with Crippen LogP contribution in [0.1, 0.15) is 18.5 Å². The normalized spacial score (nSPS) is 17.4. The van der Waals surface area contributed by atoms with E-state index in [1.54, 1.807) is 0 Å². The molecule has 4 heteroatoms. The van der Waals surface area contributed by atoms with Crippen LogP contribution in [0.25, 0.3) is 0 Å². The Morgan fingerprint density at radius 1 is 1.35 bits per heavy atom. The summed E-state index contributed by atoms with van der Waals surface area (Å²) in [6, 6.07) is 9.16. The number of imide groups is 1. The summed E-state index contributed by atoms with van der Waals surface area (Å²) in [6.07, 6.45) is 0. The maximum atomic E-state index is 11.7. The molecule has 0 aliphatic carbocycles. The van der Waals surface area contributed by atoms with Crippen molar-refractivity contribution >= 4 is 22.9 Å². The molecular formula is C13H13NO2S. The first kappa shape index (κ1) is 11.9. The lowest BCUT2D eigenvalue weighted by atomic mass is 10.00. The average Bonchev–Trinajstić information content (AvgIpc) is 2.62. The van der Waals surface area contributed by atoms with Crippen LogP contribution in [-0.4, -0.2) is 21.8 Å². The van der Waals surface area contributed by atoms with Crippen LogP contribution in [0.3, 0.4) is 0 Å². The second-order valence-corrected chi connectivity index (χ2v) is 4.90. The molecule has 1 aromatic rings. The van der Waals surface area contributed by atoms with E-state index in [0.717, 1.165) is 22.9 Å². The second kappa shape index (κ2) is 4.75. The quantitative estimate of drug-likeness (QED) is 0.770. The minimum Gasteiger partial charge on any atom is -0.273 e. The van der Waals surface area contributed by atoms with Gasteiger partial charge in [-0.25, -0.2) is 0 Å². The van der Waals surface area contributed by atoms with Crippen molar-refractivity contribution in [2.75, 3.05) is 5.75 Å². The van der Waals surface area contributed by atoms with Gasteiger partial charge in [0.25, 0.3) is 5.24 Å². The summed E-state index contributed by atoms with van der Waals surface area (Å²) in [5.74, 6) is 0.0898. The molecule has 0 saturated carbocycles. The first-order chi connectivity index (χ1) is 8.11. The highest BCUT2D eigenvalue weighted by molar-refractivity contribution is 8.14. The number of carbonyl (C=O) groups is 2. The highest BCUT2D eigenvalue weighted by Crippen LogP contribution is 2.33. The van der Waals surface area contributed by atoms with E-state index in [-0.39, 0.29) is 22.9 Å². The molecule has 1 saturated heterocycles. The number of hydrogen-bond acceptors (Lipinski definition) is 3. The maximum Gasteiger partial charge on any atom is 0.289 e. The van der Waals surface area contributed by atoms with Crippen molar-refractivity contribution in [3.05, 3.63) is 48.0 Å². The fourth-order valence-electron chi connectivity index (χ4n) is 1.90. The minimum atomic E-state index is -0.341. The third kappa shape index (κ3) is 2.26. The first-order valence-corrected chi connectivity index (χ1v) is 6.29. The van der Waals surface area contributed by atoms with Gasteiger partial charge in [-0.1, -0.05) is 54.2 Å². The van der Waals surface area contributed by atoms with E-state index >= 15 is 0 Å². The van der Waals surface area contributed by atoms with Gasteiger partial charge in [-0.05, 0) is 12.5 Å². The van der Waals surface area contributed by atoms with Crippen molar-refractivity contribution < 1.29 is 9.59 Å². The topological polar surface area (TPSA) is 37.4 Å². The summed E-state index contributed by atoms with van der Waals surface area (Å²) in [7, 11) is 0. The summed E-state index contributed by atoms with van der Waals surface area (Å²) in [4.78, 5) is 24.8. The van der Waals surface area contributed by atoms with Crippen LogP contribution in [0.2, 0.25) is 0 Å². The van der Waals surface area contributed by atoms with Crippen molar-refractivity contribution in [3.63, 3.8) is 0 Å². The van der Waals surface area contributed by atoms with Gasteiger partial charge in [0.15, 0.2) is 0 Å². The Kier molecular flexibility index (Phi) is 3.33. The molecule has 1 aromatic carbocycles. The predicted molar refractivity (Wildman–Crippen MR) is 68.7 cm³/mol. The summed E-state index contributed by atoms with van der Waals surface area (Å²) in [5.41, 5.74) is 1.71. The number of hydrogen-bond donors (Lipinski definition) is 0. The Hall–Kier alpha value is -1.55. The third-order valence-electron chi connectivity index (χ3n) is 2.62. The zero-order chi connectivity index (χ0) is 12.4. The molecule has 1 aliphatic heterocycles. The van der Waals surface area contributed by atoms with Crippen molar-refractivity contribution in [2.45, 2.75) is 13.0 Å². The van der Waals surface area contributed by atoms with Gasteiger partial charge in [-0.2, -0.15) is 0 Å². The molecule has 2 rings (SSSR count). The van der Waals surface area contributed by atoms with E-state index < -0.39 is 0 Å². The van der Waals surface area contributed by atoms with Crippen LogP contribution in [0.4, 0.5) is 4.79 Å². The fourth-order valence-corrected chi connectivity index (χ4v) is 2.64. The Balaban J connectivity index is 2.40. The number of amides is 2. The van der Waals surface area contributed by atoms with E-state index in [4.69, 9.17) is 0 Å². The van der Waals surface area contributed by atoms with Crippen LogP contribution in [0, 0.1) is 0 Å². The van der Waals surface area contributed by atoms with Gasteiger partial charge in [0, 0.05) is 0 Å². The van der Waals surface area contributed by atoms with Gasteiger partial charge in [0.2, 0.25) is 5.91 Å². The predicted octanol–water partition coefficient (Wildman–Crippen LogP) is 3.00. The molecule has 0 spiro atoms. The molecule has 3 nitrogen and oxygen atoms in total. The summed E-state index contributed by atoms with van der Waals surface area (Å²) in [6.45, 7) is 5.72. The molecule has 1 atom stereocenters. The van der Waals surface area contributed by atoms with E-state index in [9.17, 15) is 9.59 Å². The molecule has 0 unspecified atom stereocenters. The van der Waals surface area contributed by atoms with E-state index in [2.05, 4.69) is 6.58 Å². The standard InChI is InChI=1S/C13H13NO2S/c1-9(2)12(10-6-4-3-5-7-10)14-11(15)8-17-13(14)16/h3-7,12H,1,8H2,2H3/t12-/m1/s1. The van der Waals surface area contributed by atoms with Gasteiger partial charge in [0.05, 0.1) is 11.8 Å². The fraction of sp³-hybridized carbons (Fsp3) is 0.231. The Morgan fingerprint density at radius 3 is 2.47 bits per heavy atom. The number of thioether (sulfide) groups is 1. The summed E-state index contributed by atoms with van der Waals surface area (Å²) >= 11 is 1.05. The van der Waals surface area contributed by atoms with Crippen molar-refractivity contribution in [2.24, 2.45) is 0 Å². The van der Waals surface area contributed by atoms with Crippen molar-refractivity contribution in [1.82, 2.24) is 4.90 Å². The Labute approximate surface area is 104 Å². The smallest absolute Gasteiger partial charge is 0.273 e. The van der Waals surface area contributed by atoms with Gasteiger partial charge in [-0.3, -0.25) is 14.5 Å². The molecule has 1 fully saturated rings. The largest absolute Gasteiger partial charge is 0.289 e. The van der Waals surface area contributed by atoms with Gasteiger partial charge in [-0.15, -0.1) is 0 Å². The van der Waals surface area contributed by atoms with Crippen molar-refractivity contribution in [1.29, 1.82) is 0 Å². The molecule has 17 heavy (non-hydrogen) atoms. The molecule has 0 bridgehead atoms. The van der Waals surface area contributed by atoms with E-state index in [1.807, 2.05) is 37.3 Å². The summed E-state index contributed by atoms with van der Waals surface area (Å²) in [5, 5.41) is -0.188. The van der Waals surface area contributed by atoms with Crippen LogP contribution in [0.5, 0.6) is 0 Å². The number of carbonyl (C=O) groups excluding carboxylic acids is 2. The molecule has 0 radical (unpaired) electrons. The second-order valence-electron chi connectivity index (χ2n) is 3.98. The minimum absolute atomic E-state index is 0.142. The molecule has 88 valence electrons.